The summed E-state index contributed by atoms with van der Waals surface area (Å²) in [5, 5.41) is 0. The quantitative estimate of drug-likeness (QED) is 0.926. The number of carbonyl (C=O) groups is 1. The summed E-state index contributed by atoms with van der Waals surface area (Å²) in [5.41, 5.74) is 7.46. The first-order chi connectivity index (χ1) is 10.8. The highest BCUT2D eigenvalue weighted by Gasteiger charge is 2.28. The van der Waals surface area contributed by atoms with Gasteiger partial charge in [-0.25, -0.2) is 0 Å². The molecule has 0 radical (unpaired) electrons. The van der Waals surface area contributed by atoms with E-state index in [4.69, 9.17) is 5.73 Å². The minimum atomic E-state index is 0.171. The Balaban J connectivity index is 1.53. The third kappa shape index (κ3) is 3.68. The molecule has 4 nitrogen and oxygen atoms in total. The van der Waals surface area contributed by atoms with Gasteiger partial charge < -0.3 is 15.5 Å². The van der Waals surface area contributed by atoms with E-state index in [1.54, 1.807) is 0 Å². The molecule has 1 atom stereocenters. The average molecular weight is 301 g/mol. The Bertz CT molecular complexity index is 494. The van der Waals surface area contributed by atoms with Gasteiger partial charge in [0, 0.05) is 31.7 Å². The van der Waals surface area contributed by atoms with E-state index in [0.29, 0.717) is 12.5 Å². The summed E-state index contributed by atoms with van der Waals surface area (Å²) < 4.78 is 0. The Morgan fingerprint density at radius 3 is 2.50 bits per heavy atom. The van der Waals surface area contributed by atoms with Crippen LogP contribution in [-0.4, -0.2) is 48.4 Å². The summed E-state index contributed by atoms with van der Waals surface area (Å²) >= 11 is 0. The fourth-order valence-electron chi connectivity index (χ4n) is 3.64. The summed E-state index contributed by atoms with van der Waals surface area (Å²) in [7, 11) is 0. The molecule has 2 N–H and O–H groups in total. The van der Waals surface area contributed by atoms with Crippen LogP contribution in [0.3, 0.4) is 0 Å². The maximum absolute atomic E-state index is 12.6. The van der Waals surface area contributed by atoms with Crippen molar-refractivity contribution in [1.29, 1.82) is 0 Å². The highest BCUT2D eigenvalue weighted by Crippen LogP contribution is 2.21. The van der Waals surface area contributed by atoms with Gasteiger partial charge in [-0.1, -0.05) is 18.6 Å². The van der Waals surface area contributed by atoms with Gasteiger partial charge in [0.2, 0.25) is 0 Å². The van der Waals surface area contributed by atoms with Crippen LogP contribution in [0, 0.1) is 5.92 Å². The zero-order valence-corrected chi connectivity index (χ0v) is 13.3. The monoisotopic (exact) mass is 301 g/mol. The van der Waals surface area contributed by atoms with E-state index in [-0.39, 0.29) is 5.91 Å². The van der Waals surface area contributed by atoms with Gasteiger partial charge in [0.05, 0.1) is 0 Å². The molecule has 2 heterocycles. The number of hydrogen-bond acceptors (Lipinski definition) is 3. The number of carbonyl (C=O) groups excluding carboxylic acids is 1. The first-order valence-electron chi connectivity index (χ1n) is 8.57. The second-order valence-corrected chi connectivity index (χ2v) is 6.67. The van der Waals surface area contributed by atoms with Crippen LogP contribution >= 0.6 is 0 Å². The van der Waals surface area contributed by atoms with E-state index in [0.717, 1.165) is 37.2 Å². The molecule has 1 aromatic carbocycles. The third-order valence-corrected chi connectivity index (χ3v) is 4.97. The van der Waals surface area contributed by atoms with Crippen molar-refractivity contribution >= 4 is 5.91 Å². The van der Waals surface area contributed by atoms with Gasteiger partial charge in [-0.2, -0.15) is 0 Å². The Morgan fingerprint density at radius 2 is 1.82 bits per heavy atom. The van der Waals surface area contributed by atoms with E-state index < -0.39 is 0 Å². The summed E-state index contributed by atoms with van der Waals surface area (Å²) in [6.07, 6.45) is 5.19. The summed E-state index contributed by atoms with van der Waals surface area (Å²) in [4.78, 5) is 17.2. The molecule has 1 amide bonds. The first-order valence-corrected chi connectivity index (χ1v) is 8.57. The van der Waals surface area contributed by atoms with Crippen LogP contribution in [0.4, 0.5) is 0 Å². The van der Waals surface area contributed by atoms with Crippen molar-refractivity contribution in [3.05, 3.63) is 35.4 Å². The predicted octanol–water partition coefficient (Wildman–Crippen LogP) is 2.09. The number of benzene rings is 1. The van der Waals surface area contributed by atoms with Crippen LogP contribution < -0.4 is 5.73 Å². The van der Waals surface area contributed by atoms with Gasteiger partial charge in [-0.05, 0) is 56.0 Å². The SMILES string of the molecule is NCc1ccc(C(=O)N2CCC(CN3CCCCC3)C2)cc1. The molecule has 22 heavy (non-hydrogen) atoms. The zero-order valence-electron chi connectivity index (χ0n) is 13.3. The molecule has 2 aliphatic heterocycles. The largest absolute Gasteiger partial charge is 0.338 e. The van der Waals surface area contributed by atoms with Crippen molar-refractivity contribution < 1.29 is 4.79 Å². The Kier molecular flexibility index (Phi) is 5.11. The van der Waals surface area contributed by atoms with Gasteiger partial charge in [-0.3, -0.25) is 4.79 Å². The minimum Gasteiger partial charge on any atom is -0.338 e. The van der Waals surface area contributed by atoms with Crippen molar-refractivity contribution in [2.45, 2.75) is 32.2 Å². The van der Waals surface area contributed by atoms with Crippen molar-refractivity contribution in [2.75, 3.05) is 32.7 Å². The fourth-order valence-corrected chi connectivity index (χ4v) is 3.64. The molecule has 0 spiro atoms. The standard InChI is InChI=1S/C18H27N3O/c19-12-15-4-6-17(7-5-15)18(22)21-11-8-16(14-21)13-20-9-2-1-3-10-20/h4-7,16H,1-3,8-14,19H2. The topological polar surface area (TPSA) is 49.6 Å². The molecule has 120 valence electrons. The van der Waals surface area contributed by atoms with Crippen LogP contribution in [0.15, 0.2) is 24.3 Å². The number of amides is 1. The summed E-state index contributed by atoms with van der Waals surface area (Å²) in [5.74, 6) is 0.815. The number of piperidine rings is 1. The number of rotatable bonds is 4. The van der Waals surface area contributed by atoms with E-state index in [1.807, 2.05) is 29.2 Å². The lowest BCUT2D eigenvalue weighted by atomic mass is 10.1. The zero-order chi connectivity index (χ0) is 15.4. The molecule has 2 aliphatic rings. The van der Waals surface area contributed by atoms with Crippen molar-refractivity contribution in [1.82, 2.24) is 9.80 Å². The fraction of sp³-hybridized carbons (Fsp3) is 0.611. The van der Waals surface area contributed by atoms with Gasteiger partial charge >= 0.3 is 0 Å². The molecule has 0 bridgehead atoms. The van der Waals surface area contributed by atoms with Gasteiger partial charge in [0.1, 0.15) is 0 Å². The van der Waals surface area contributed by atoms with E-state index in [9.17, 15) is 4.79 Å². The predicted molar refractivity (Wildman–Crippen MR) is 88.6 cm³/mol. The van der Waals surface area contributed by atoms with Gasteiger partial charge in [0.25, 0.3) is 5.91 Å². The van der Waals surface area contributed by atoms with Crippen molar-refractivity contribution in [3.8, 4) is 0 Å². The van der Waals surface area contributed by atoms with E-state index in [2.05, 4.69) is 4.90 Å². The molecule has 4 heteroatoms. The molecule has 1 aromatic rings. The molecule has 0 aliphatic carbocycles. The smallest absolute Gasteiger partial charge is 0.253 e. The highest BCUT2D eigenvalue weighted by molar-refractivity contribution is 5.94. The number of nitrogens with two attached hydrogens (primary N) is 1. The molecular weight excluding hydrogens is 274 g/mol. The molecule has 2 saturated heterocycles. The molecule has 1 unspecified atom stereocenters. The lowest BCUT2D eigenvalue weighted by molar-refractivity contribution is 0.0782. The maximum Gasteiger partial charge on any atom is 0.253 e. The third-order valence-electron chi connectivity index (χ3n) is 4.97. The lowest BCUT2D eigenvalue weighted by Crippen LogP contribution is -2.36. The Morgan fingerprint density at radius 1 is 1.09 bits per heavy atom. The number of hydrogen-bond donors (Lipinski definition) is 1. The summed E-state index contributed by atoms with van der Waals surface area (Å²) in [6, 6.07) is 7.72. The molecule has 3 rings (SSSR count). The number of nitrogens with zero attached hydrogens (tertiary/aromatic N) is 2. The average Bonchev–Trinajstić information content (AvgIpc) is 3.04. The molecule has 2 fully saturated rings. The maximum atomic E-state index is 12.6. The van der Waals surface area contributed by atoms with Gasteiger partial charge in [0.15, 0.2) is 0 Å². The van der Waals surface area contributed by atoms with Crippen molar-refractivity contribution in [2.24, 2.45) is 11.7 Å². The van der Waals surface area contributed by atoms with E-state index in [1.165, 1.54) is 32.4 Å². The molecule has 0 aromatic heterocycles. The highest BCUT2D eigenvalue weighted by atomic mass is 16.2. The molecule has 0 saturated carbocycles. The lowest BCUT2D eigenvalue weighted by Gasteiger charge is -2.29. The second-order valence-electron chi connectivity index (χ2n) is 6.67. The normalized spacial score (nSPS) is 23.0. The minimum absolute atomic E-state index is 0.171. The van der Waals surface area contributed by atoms with Crippen LogP contribution in [0.25, 0.3) is 0 Å². The van der Waals surface area contributed by atoms with Crippen molar-refractivity contribution in [3.63, 3.8) is 0 Å². The van der Waals surface area contributed by atoms with Crippen LogP contribution in [0.5, 0.6) is 0 Å². The Hall–Kier alpha value is -1.39. The first kappa shape index (κ1) is 15.5. The van der Waals surface area contributed by atoms with Crippen LogP contribution in [0.1, 0.15) is 41.6 Å². The summed E-state index contributed by atoms with van der Waals surface area (Å²) in [6.45, 7) is 5.98. The van der Waals surface area contributed by atoms with E-state index >= 15 is 0 Å². The second kappa shape index (κ2) is 7.25. The van der Waals surface area contributed by atoms with Crippen LogP contribution in [-0.2, 0) is 6.54 Å². The molecular formula is C18H27N3O. The van der Waals surface area contributed by atoms with Gasteiger partial charge in [-0.15, -0.1) is 0 Å². The van der Waals surface area contributed by atoms with Crippen LogP contribution in [0.2, 0.25) is 0 Å². The Labute approximate surface area is 133 Å². The number of likely N-dealkylation sites (tertiary alicyclic amines) is 2.